The third kappa shape index (κ3) is 7.01. The van der Waals surface area contributed by atoms with Gasteiger partial charge in [0, 0.05) is 17.1 Å². The zero-order chi connectivity index (χ0) is 43.1. The van der Waals surface area contributed by atoms with E-state index in [0.717, 1.165) is 17.1 Å². The zero-order valence-electron chi connectivity index (χ0n) is 35.8. The molecule has 0 aromatic heterocycles. The summed E-state index contributed by atoms with van der Waals surface area (Å²) in [5.41, 5.74) is 15.4. The molecule has 1 heteroatoms. The Hall–Kier alpha value is -8.52. The Morgan fingerprint density at radius 3 is 1.42 bits per heavy atom. The van der Waals surface area contributed by atoms with Crippen molar-refractivity contribution in [1.82, 2.24) is 0 Å². The first-order valence-corrected chi connectivity index (χ1v) is 22.4. The highest BCUT2D eigenvalue weighted by Gasteiger charge is 2.18. The molecule has 0 aliphatic rings. The van der Waals surface area contributed by atoms with E-state index in [1.54, 1.807) is 0 Å². The molecule has 0 amide bonds. The molecule has 0 fully saturated rings. The molecular formula is C64H43N. The van der Waals surface area contributed by atoms with Crippen LogP contribution in [0.2, 0.25) is 0 Å². The van der Waals surface area contributed by atoms with Gasteiger partial charge in [-0.2, -0.15) is 0 Å². The maximum Gasteiger partial charge on any atom is 0.0467 e. The minimum Gasteiger partial charge on any atom is -0.310 e. The van der Waals surface area contributed by atoms with Gasteiger partial charge < -0.3 is 4.90 Å². The van der Waals surface area contributed by atoms with Crippen molar-refractivity contribution in [3.63, 3.8) is 0 Å². The summed E-state index contributed by atoms with van der Waals surface area (Å²) in [6, 6.07) is 95.2. The standard InChI is InChI=1S/C64H43N/c1-2-16-50(17-3-1)64-59-24-9-5-15-47(59)36-41-60(64)49-34-39-54(40-35-49)65(55-21-12-20-51(42-55)63-43-52-18-6-8-23-58(52)61-25-10-11-26-62(61)63)53-37-32-45(33-38-53)44-28-30-48(31-29-44)57-27-13-19-46-14-4-7-22-56(46)57/h1-43H. The largest absolute Gasteiger partial charge is 0.310 e. The second-order valence-corrected chi connectivity index (χ2v) is 16.8. The molecule has 0 bridgehead atoms. The van der Waals surface area contributed by atoms with Gasteiger partial charge in [-0.15, -0.1) is 0 Å². The van der Waals surface area contributed by atoms with Crippen LogP contribution in [0.25, 0.3) is 98.7 Å². The van der Waals surface area contributed by atoms with Gasteiger partial charge in [0.2, 0.25) is 0 Å². The molecule has 12 aromatic rings. The second-order valence-electron chi connectivity index (χ2n) is 16.8. The lowest BCUT2D eigenvalue weighted by atomic mass is 9.89. The van der Waals surface area contributed by atoms with Gasteiger partial charge in [-0.1, -0.05) is 218 Å². The third-order valence-electron chi connectivity index (χ3n) is 13.1. The lowest BCUT2D eigenvalue weighted by Gasteiger charge is -2.27. The summed E-state index contributed by atoms with van der Waals surface area (Å²) < 4.78 is 0. The normalized spacial score (nSPS) is 11.4. The van der Waals surface area contributed by atoms with E-state index in [1.165, 1.54) is 98.7 Å². The van der Waals surface area contributed by atoms with E-state index in [9.17, 15) is 0 Å². The quantitative estimate of drug-likeness (QED) is 0.138. The van der Waals surface area contributed by atoms with Gasteiger partial charge in [-0.3, -0.25) is 0 Å². The van der Waals surface area contributed by atoms with E-state index in [1.807, 2.05) is 0 Å². The summed E-state index contributed by atoms with van der Waals surface area (Å²) in [5.74, 6) is 0. The van der Waals surface area contributed by atoms with Crippen LogP contribution in [-0.2, 0) is 0 Å². The van der Waals surface area contributed by atoms with Gasteiger partial charge in [-0.05, 0) is 141 Å². The first-order chi connectivity index (χ1) is 32.2. The van der Waals surface area contributed by atoms with Crippen LogP contribution in [0.15, 0.2) is 261 Å². The van der Waals surface area contributed by atoms with Crippen molar-refractivity contribution in [2.45, 2.75) is 0 Å². The van der Waals surface area contributed by atoms with Gasteiger partial charge in [0.15, 0.2) is 0 Å². The van der Waals surface area contributed by atoms with Crippen LogP contribution in [-0.4, -0.2) is 0 Å². The zero-order valence-corrected chi connectivity index (χ0v) is 35.8. The van der Waals surface area contributed by atoms with Crippen molar-refractivity contribution >= 4 is 60.2 Å². The van der Waals surface area contributed by atoms with E-state index in [2.05, 4.69) is 266 Å². The van der Waals surface area contributed by atoms with Crippen LogP contribution in [0.5, 0.6) is 0 Å². The highest BCUT2D eigenvalue weighted by Crippen LogP contribution is 2.43. The summed E-state index contributed by atoms with van der Waals surface area (Å²) in [6.07, 6.45) is 0. The van der Waals surface area contributed by atoms with Crippen molar-refractivity contribution in [2.24, 2.45) is 0 Å². The van der Waals surface area contributed by atoms with E-state index in [-0.39, 0.29) is 0 Å². The fourth-order valence-electron chi connectivity index (χ4n) is 9.89. The van der Waals surface area contributed by atoms with Crippen molar-refractivity contribution in [3.05, 3.63) is 261 Å². The Morgan fingerprint density at radius 1 is 0.200 bits per heavy atom. The Balaban J connectivity index is 0.958. The SMILES string of the molecule is c1ccc(-c2c(-c3ccc(N(c4ccc(-c5ccc(-c6cccc7ccccc67)cc5)cc4)c4cccc(-c5cc6ccccc6c6ccccc56)c4)cc3)ccc3ccccc23)cc1. The van der Waals surface area contributed by atoms with Crippen molar-refractivity contribution in [3.8, 4) is 55.6 Å². The maximum atomic E-state index is 2.39. The number of benzene rings is 12. The topological polar surface area (TPSA) is 3.24 Å². The smallest absolute Gasteiger partial charge is 0.0467 e. The predicted octanol–water partition coefficient (Wildman–Crippen LogP) is 18.1. The van der Waals surface area contributed by atoms with Crippen LogP contribution < -0.4 is 4.90 Å². The second kappa shape index (κ2) is 16.3. The molecule has 12 rings (SSSR count). The fourth-order valence-corrected chi connectivity index (χ4v) is 9.89. The van der Waals surface area contributed by atoms with Gasteiger partial charge >= 0.3 is 0 Å². The molecule has 0 unspecified atom stereocenters. The fraction of sp³-hybridized carbons (Fsp3) is 0. The first kappa shape index (κ1) is 38.2. The van der Waals surface area contributed by atoms with Crippen molar-refractivity contribution in [2.75, 3.05) is 4.90 Å². The highest BCUT2D eigenvalue weighted by atomic mass is 15.1. The van der Waals surface area contributed by atoms with Gasteiger partial charge in [0.25, 0.3) is 0 Å². The molecular weight excluding hydrogens is 783 g/mol. The van der Waals surface area contributed by atoms with Gasteiger partial charge in [-0.25, -0.2) is 0 Å². The van der Waals surface area contributed by atoms with Crippen molar-refractivity contribution < 1.29 is 0 Å². The average molecular weight is 826 g/mol. The van der Waals surface area contributed by atoms with Crippen LogP contribution in [0, 0.1) is 0 Å². The number of rotatable bonds is 8. The Kier molecular flexibility index (Phi) is 9.58. The summed E-state index contributed by atoms with van der Waals surface area (Å²) in [4.78, 5) is 2.39. The van der Waals surface area contributed by atoms with E-state index >= 15 is 0 Å². The predicted molar refractivity (Wildman–Crippen MR) is 278 cm³/mol. The molecule has 0 aliphatic carbocycles. The molecule has 0 radical (unpaired) electrons. The number of hydrogen-bond acceptors (Lipinski definition) is 1. The summed E-state index contributed by atoms with van der Waals surface area (Å²) >= 11 is 0. The van der Waals surface area contributed by atoms with Crippen LogP contribution in [0.1, 0.15) is 0 Å². The summed E-state index contributed by atoms with van der Waals surface area (Å²) in [6.45, 7) is 0. The maximum absolute atomic E-state index is 2.39. The molecule has 12 aromatic carbocycles. The monoisotopic (exact) mass is 825 g/mol. The lowest BCUT2D eigenvalue weighted by molar-refractivity contribution is 1.28. The number of fused-ring (bicyclic) bond motifs is 5. The summed E-state index contributed by atoms with van der Waals surface area (Å²) in [7, 11) is 0. The van der Waals surface area contributed by atoms with Crippen LogP contribution >= 0.6 is 0 Å². The molecule has 0 saturated heterocycles. The first-order valence-electron chi connectivity index (χ1n) is 22.4. The molecule has 0 spiro atoms. The number of hydrogen-bond donors (Lipinski definition) is 0. The van der Waals surface area contributed by atoms with Crippen LogP contribution in [0.3, 0.4) is 0 Å². The summed E-state index contributed by atoms with van der Waals surface area (Å²) in [5, 5.41) is 10.0. The Labute approximate surface area is 379 Å². The lowest BCUT2D eigenvalue weighted by Crippen LogP contribution is -2.10. The van der Waals surface area contributed by atoms with Crippen molar-refractivity contribution in [1.29, 1.82) is 0 Å². The molecule has 0 N–H and O–H groups in total. The minimum absolute atomic E-state index is 1.09. The van der Waals surface area contributed by atoms with E-state index in [0.29, 0.717) is 0 Å². The van der Waals surface area contributed by atoms with Gasteiger partial charge in [0.05, 0.1) is 0 Å². The van der Waals surface area contributed by atoms with E-state index in [4.69, 9.17) is 0 Å². The molecule has 0 atom stereocenters. The van der Waals surface area contributed by atoms with E-state index < -0.39 is 0 Å². The molecule has 0 saturated carbocycles. The Morgan fingerprint density at radius 2 is 0.692 bits per heavy atom. The molecule has 0 aliphatic heterocycles. The average Bonchev–Trinajstić information content (AvgIpc) is 3.39. The number of nitrogens with zero attached hydrogens (tertiary/aromatic N) is 1. The molecule has 65 heavy (non-hydrogen) atoms. The Bertz CT molecular complexity index is 3670. The van der Waals surface area contributed by atoms with Crippen LogP contribution in [0.4, 0.5) is 17.1 Å². The minimum atomic E-state index is 1.09. The third-order valence-corrected chi connectivity index (χ3v) is 13.1. The molecule has 1 nitrogen and oxygen atoms in total. The van der Waals surface area contributed by atoms with Gasteiger partial charge in [0.1, 0.15) is 0 Å². The molecule has 0 heterocycles. The number of anilines is 3. The molecule has 304 valence electrons. The highest BCUT2D eigenvalue weighted by molar-refractivity contribution is 6.14.